The second-order valence-corrected chi connectivity index (χ2v) is 10.8. The zero-order valence-corrected chi connectivity index (χ0v) is 19.9. The number of halogens is 1. The van der Waals surface area contributed by atoms with Crippen LogP contribution < -0.4 is 0 Å². The zero-order valence-electron chi connectivity index (χ0n) is 19.9. The summed E-state index contributed by atoms with van der Waals surface area (Å²) in [6.45, 7) is 4.16. The number of hydrogen-bond acceptors (Lipinski definition) is 9. The van der Waals surface area contributed by atoms with Crippen LogP contribution in [0.2, 0.25) is 0 Å². The van der Waals surface area contributed by atoms with E-state index in [-0.39, 0.29) is 17.9 Å². The summed E-state index contributed by atoms with van der Waals surface area (Å²) in [4.78, 5) is 42.9. The van der Waals surface area contributed by atoms with Gasteiger partial charge in [0.25, 0.3) is 0 Å². The third-order valence-electron chi connectivity index (χ3n) is 9.52. The molecular formula is C25H29FN2O7. The first-order valence-electron chi connectivity index (χ1n) is 11.9. The third-order valence-corrected chi connectivity index (χ3v) is 9.52. The van der Waals surface area contributed by atoms with Crippen molar-refractivity contribution in [3.63, 3.8) is 0 Å². The molecule has 188 valence electrons. The van der Waals surface area contributed by atoms with Crippen molar-refractivity contribution in [2.75, 3.05) is 6.61 Å². The Labute approximate surface area is 201 Å². The predicted octanol–water partition coefficient (Wildman–Crippen LogP) is 2.30. The Hall–Kier alpha value is -2.88. The summed E-state index contributed by atoms with van der Waals surface area (Å²) >= 11 is 0. The summed E-state index contributed by atoms with van der Waals surface area (Å²) in [5.41, 5.74) is -4.99. The molecule has 5 rings (SSSR count). The van der Waals surface area contributed by atoms with E-state index in [1.807, 2.05) is 0 Å². The van der Waals surface area contributed by atoms with E-state index in [9.17, 15) is 19.5 Å². The smallest absolute Gasteiger partial charge is 0.303 e. The number of esters is 1. The molecule has 0 bridgehead atoms. The van der Waals surface area contributed by atoms with E-state index >= 15 is 4.39 Å². The van der Waals surface area contributed by atoms with Crippen LogP contribution >= 0.6 is 0 Å². The SMILES string of the molecule is CC(=O)OCC(=O)[C@@]12ON=C(/C=N/O)[C@@H]1C[C@H]1[C@@H]3CCC4=CC(=O)C=C[C@]4(C)[C@@]3(F)C(O)C[C@@]12C. The minimum absolute atomic E-state index is 0.100. The largest absolute Gasteiger partial charge is 0.458 e. The molecule has 4 aliphatic carbocycles. The highest BCUT2D eigenvalue weighted by Gasteiger charge is 2.79. The van der Waals surface area contributed by atoms with Crippen LogP contribution in [0.3, 0.4) is 0 Å². The number of aliphatic hydroxyl groups excluding tert-OH is 1. The molecule has 5 aliphatic rings. The van der Waals surface area contributed by atoms with E-state index in [0.717, 1.165) is 6.21 Å². The summed E-state index contributed by atoms with van der Waals surface area (Å²) in [6, 6.07) is 0. The molecule has 0 aromatic carbocycles. The van der Waals surface area contributed by atoms with Gasteiger partial charge in [0.1, 0.15) is 5.71 Å². The zero-order chi connectivity index (χ0) is 25.4. The molecule has 35 heavy (non-hydrogen) atoms. The minimum Gasteiger partial charge on any atom is -0.458 e. The van der Waals surface area contributed by atoms with Crippen LogP contribution in [-0.2, 0) is 24.0 Å². The lowest BCUT2D eigenvalue weighted by Gasteiger charge is -2.62. The van der Waals surface area contributed by atoms with Crippen molar-refractivity contribution in [2.24, 2.45) is 38.9 Å². The van der Waals surface area contributed by atoms with Crippen molar-refractivity contribution in [2.45, 2.75) is 63.8 Å². The number of carbonyl (C=O) groups excluding carboxylic acids is 3. The first-order chi connectivity index (χ1) is 16.5. The molecule has 0 amide bonds. The van der Waals surface area contributed by atoms with Crippen LogP contribution in [0.5, 0.6) is 0 Å². The molecule has 0 aromatic rings. The highest BCUT2D eigenvalue weighted by Crippen LogP contribution is 2.72. The quantitative estimate of drug-likeness (QED) is 0.268. The van der Waals surface area contributed by atoms with Gasteiger partial charge in [-0.3, -0.25) is 14.4 Å². The van der Waals surface area contributed by atoms with Crippen molar-refractivity contribution >= 4 is 29.5 Å². The van der Waals surface area contributed by atoms with Crippen LogP contribution in [-0.4, -0.2) is 63.8 Å². The number of aliphatic hydroxyl groups is 1. The fourth-order valence-electron chi connectivity index (χ4n) is 7.94. The number of fused-ring (bicyclic) bond motifs is 7. The topological polar surface area (TPSA) is 135 Å². The van der Waals surface area contributed by atoms with Crippen LogP contribution in [0.15, 0.2) is 34.1 Å². The normalized spacial score (nSPS) is 45.6. The third kappa shape index (κ3) is 2.80. The van der Waals surface area contributed by atoms with Gasteiger partial charge in [-0.2, -0.15) is 0 Å². The number of Topliss-reactive ketones (excluding diaryl/α,β-unsaturated/α-hetero) is 1. The van der Waals surface area contributed by atoms with E-state index in [2.05, 4.69) is 10.3 Å². The van der Waals surface area contributed by atoms with Crippen molar-refractivity contribution in [3.05, 3.63) is 23.8 Å². The van der Waals surface area contributed by atoms with Gasteiger partial charge in [0.2, 0.25) is 11.4 Å². The van der Waals surface area contributed by atoms with Crippen LogP contribution in [0.1, 0.15) is 46.5 Å². The maximum atomic E-state index is 17.3. The van der Waals surface area contributed by atoms with Gasteiger partial charge in [-0.1, -0.05) is 28.9 Å². The molecule has 8 atom stereocenters. The Balaban J connectivity index is 1.61. The maximum absolute atomic E-state index is 17.3. The van der Waals surface area contributed by atoms with E-state index in [0.29, 0.717) is 24.8 Å². The van der Waals surface area contributed by atoms with Crippen molar-refractivity contribution in [3.8, 4) is 0 Å². The number of nitrogens with zero attached hydrogens (tertiary/aromatic N) is 2. The number of rotatable bonds is 4. The first kappa shape index (κ1) is 23.8. The van der Waals surface area contributed by atoms with Crippen LogP contribution in [0, 0.1) is 28.6 Å². The summed E-state index contributed by atoms with van der Waals surface area (Å²) in [7, 11) is 0. The van der Waals surface area contributed by atoms with Gasteiger partial charge in [-0.05, 0) is 50.7 Å². The molecule has 0 saturated heterocycles. The highest BCUT2D eigenvalue weighted by molar-refractivity contribution is 6.33. The number of hydrogen-bond donors (Lipinski definition) is 2. The Morgan fingerprint density at radius 1 is 1.37 bits per heavy atom. The maximum Gasteiger partial charge on any atom is 0.303 e. The summed E-state index contributed by atoms with van der Waals surface area (Å²) < 4.78 is 22.3. The number of ether oxygens (including phenoxy) is 1. The molecule has 0 aromatic heterocycles. The van der Waals surface area contributed by atoms with Crippen molar-refractivity contribution in [1.82, 2.24) is 0 Å². The number of ketones is 2. The molecule has 3 saturated carbocycles. The van der Waals surface area contributed by atoms with Crippen molar-refractivity contribution < 1.29 is 38.7 Å². The molecule has 1 aliphatic heterocycles. The average Bonchev–Trinajstić information content (AvgIpc) is 3.28. The van der Waals surface area contributed by atoms with E-state index in [4.69, 9.17) is 14.8 Å². The molecular weight excluding hydrogens is 459 g/mol. The second-order valence-electron chi connectivity index (χ2n) is 10.8. The average molecular weight is 489 g/mol. The summed E-state index contributed by atoms with van der Waals surface area (Å²) in [5.74, 6) is -3.07. The molecule has 0 radical (unpaired) electrons. The summed E-state index contributed by atoms with van der Waals surface area (Å²) in [5, 5.41) is 27.7. The lowest BCUT2D eigenvalue weighted by atomic mass is 9.44. The minimum atomic E-state index is -2.07. The molecule has 1 unspecified atom stereocenters. The second kappa shape index (κ2) is 7.56. The molecule has 10 heteroatoms. The fraction of sp³-hybridized carbons (Fsp3) is 0.640. The Bertz CT molecular complexity index is 1130. The lowest BCUT2D eigenvalue weighted by Crippen LogP contribution is -2.69. The van der Waals surface area contributed by atoms with Gasteiger partial charge >= 0.3 is 5.97 Å². The molecule has 3 fully saturated rings. The molecule has 1 heterocycles. The number of carbonyl (C=O) groups is 3. The Morgan fingerprint density at radius 2 is 2.11 bits per heavy atom. The van der Waals surface area contributed by atoms with Crippen LogP contribution in [0.25, 0.3) is 0 Å². The van der Waals surface area contributed by atoms with E-state index < -0.39 is 64.3 Å². The van der Waals surface area contributed by atoms with Crippen LogP contribution in [0.4, 0.5) is 4.39 Å². The van der Waals surface area contributed by atoms with Gasteiger partial charge in [-0.25, -0.2) is 4.39 Å². The molecule has 9 nitrogen and oxygen atoms in total. The van der Waals surface area contributed by atoms with Gasteiger partial charge in [-0.15, -0.1) is 0 Å². The predicted molar refractivity (Wildman–Crippen MR) is 120 cm³/mol. The number of alkyl halides is 1. The molecule has 2 N–H and O–H groups in total. The number of oxime groups is 2. The lowest BCUT2D eigenvalue weighted by molar-refractivity contribution is -0.225. The fourth-order valence-corrected chi connectivity index (χ4v) is 7.94. The molecule has 0 spiro atoms. The Kier molecular flexibility index (Phi) is 5.15. The van der Waals surface area contributed by atoms with E-state index in [1.165, 1.54) is 19.1 Å². The standard InChI is InChI=1S/C25H29FN2O7/c1-13(29)34-12-21(32)25-18(19(11-27-33)28-35-25)9-17-16-5-4-14-8-15(30)6-7-22(14,2)24(16,26)20(31)10-23(17,25)3/h6-8,11,16-18,20,31,33H,4-5,9-10,12H2,1-3H3/b27-11+/t16-,17-,18-,20?,22-,23-,24-,25-/m0/s1. The van der Waals surface area contributed by atoms with Gasteiger partial charge in [0.15, 0.2) is 18.1 Å². The van der Waals surface area contributed by atoms with Gasteiger partial charge in [0.05, 0.1) is 18.2 Å². The number of allylic oxidation sites excluding steroid dienone is 4. The Morgan fingerprint density at radius 3 is 2.80 bits per heavy atom. The monoisotopic (exact) mass is 488 g/mol. The summed E-state index contributed by atoms with van der Waals surface area (Å²) in [6.07, 6.45) is 5.12. The van der Waals surface area contributed by atoms with E-state index in [1.54, 1.807) is 19.9 Å². The van der Waals surface area contributed by atoms with Gasteiger partial charge in [0, 0.05) is 23.7 Å². The highest BCUT2D eigenvalue weighted by atomic mass is 19.1. The van der Waals surface area contributed by atoms with Gasteiger partial charge < -0.3 is 19.9 Å². The first-order valence-corrected chi connectivity index (χ1v) is 11.9. The van der Waals surface area contributed by atoms with Crippen molar-refractivity contribution in [1.29, 1.82) is 0 Å².